The molecular weight excluding hydrogens is 312 g/mol. The third-order valence-electron chi connectivity index (χ3n) is 2.47. The number of nitrogens with one attached hydrogen (secondary N) is 1. The molecule has 0 saturated carbocycles. The molecule has 21 heavy (non-hydrogen) atoms. The van der Waals surface area contributed by atoms with Gasteiger partial charge >= 0.3 is 0 Å². The van der Waals surface area contributed by atoms with Crippen LogP contribution in [0.2, 0.25) is 0 Å². The Labute approximate surface area is 128 Å². The summed E-state index contributed by atoms with van der Waals surface area (Å²) in [6.45, 7) is 2.11. The van der Waals surface area contributed by atoms with Crippen LogP contribution in [0.5, 0.6) is 0 Å². The lowest BCUT2D eigenvalue weighted by atomic mass is 10.2. The van der Waals surface area contributed by atoms with Crippen molar-refractivity contribution in [1.29, 1.82) is 0 Å². The number of primary sulfonamides is 1. The second kappa shape index (κ2) is 8.14. The molecule has 1 heterocycles. The fourth-order valence-electron chi connectivity index (χ4n) is 1.48. The lowest BCUT2D eigenvalue weighted by molar-refractivity contribution is 0.0957. The van der Waals surface area contributed by atoms with Crippen LogP contribution < -0.4 is 10.5 Å². The molecule has 1 aromatic heterocycles. The van der Waals surface area contributed by atoms with Crippen molar-refractivity contribution in [3.05, 3.63) is 21.4 Å². The Hall–Kier alpha value is -1.40. The summed E-state index contributed by atoms with van der Waals surface area (Å²) in [5.74, 6) is 5.31. The monoisotopic (exact) mass is 330 g/mol. The number of thiophene rings is 1. The SMILES string of the molecule is Cc1cc(C(=O)NCCCS(N)(=O)=O)sc1C#CCCO. The van der Waals surface area contributed by atoms with E-state index in [4.69, 9.17) is 10.2 Å². The number of nitrogens with two attached hydrogens (primary N) is 1. The highest BCUT2D eigenvalue weighted by Gasteiger charge is 2.11. The third kappa shape index (κ3) is 6.73. The summed E-state index contributed by atoms with van der Waals surface area (Å²) in [5.41, 5.74) is 0.903. The van der Waals surface area contributed by atoms with Crippen molar-refractivity contribution >= 4 is 27.3 Å². The summed E-state index contributed by atoms with van der Waals surface area (Å²) in [6, 6.07) is 1.74. The first-order chi connectivity index (χ1) is 9.83. The number of carbonyl (C=O) groups is 1. The van der Waals surface area contributed by atoms with Crippen LogP contribution in [0, 0.1) is 18.8 Å². The molecule has 0 atom stereocenters. The third-order valence-corrected chi connectivity index (χ3v) is 4.48. The zero-order chi connectivity index (χ0) is 15.9. The first kappa shape index (κ1) is 17.7. The van der Waals surface area contributed by atoms with Gasteiger partial charge in [0.05, 0.1) is 22.1 Å². The molecule has 4 N–H and O–H groups in total. The molecule has 1 aromatic rings. The van der Waals surface area contributed by atoms with Gasteiger partial charge in [-0.25, -0.2) is 13.6 Å². The number of aliphatic hydroxyl groups is 1. The highest BCUT2D eigenvalue weighted by atomic mass is 32.2. The van der Waals surface area contributed by atoms with Crippen molar-refractivity contribution in [1.82, 2.24) is 5.32 Å². The van der Waals surface area contributed by atoms with Crippen molar-refractivity contribution in [3.8, 4) is 11.8 Å². The topological polar surface area (TPSA) is 109 Å². The van der Waals surface area contributed by atoms with Gasteiger partial charge in [0.2, 0.25) is 10.0 Å². The highest BCUT2D eigenvalue weighted by Crippen LogP contribution is 2.20. The van der Waals surface area contributed by atoms with Crippen LogP contribution in [0.1, 0.15) is 33.0 Å². The molecule has 0 spiro atoms. The summed E-state index contributed by atoms with van der Waals surface area (Å²) in [6.07, 6.45) is 0.671. The van der Waals surface area contributed by atoms with Crippen molar-refractivity contribution in [2.24, 2.45) is 5.14 Å². The lowest BCUT2D eigenvalue weighted by Crippen LogP contribution is -2.26. The van der Waals surface area contributed by atoms with Crippen LogP contribution in [0.3, 0.4) is 0 Å². The van der Waals surface area contributed by atoms with Gasteiger partial charge in [0, 0.05) is 13.0 Å². The Morgan fingerprint density at radius 2 is 2.24 bits per heavy atom. The number of hydrogen-bond acceptors (Lipinski definition) is 5. The fraction of sp³-hybridized carbons (Fsp3) is 0.462. The molecule has 0 aromatic carbocycles. The molecule has 0 bridgehead atoms. The number of aliphatic hydroxyl groups excluding tert-OH is 1. The largest absolute Gasteiger partial charge is 0.395 e. The summed E-state index contributed by atoms with van der Waals surface area (Å²) in [7, 11) is -3.49. The Balaban J connectivity index is 2.56. The van der Waals surface area contributed by atoms with Gasteiger partial charge in [0.25, 0.3) is 5.91 Å². The van der Waals surface area contributed by atoms with Crippen molar-refractivity contribution in [3.63, 3.8) is 0 Å². The number of carbonyl (C=O) groups excluding carboxylic acids is 1. The van der Waals surface area contributed by atoms with E-state index in [2.05, 4.69) is 17.2 Å². The van der Waals surface area contributed by atoms with Crippen molar-refractivity contribution in [2.75, 3.05) is 18.9 Å². The van der Waals surface area contributed by atoms with Gasteiger partial charge in [-0.3, -0.25) is 4.79 Å². The molecule has 1 amide bonds. The molecule has 0 radical (unpaired) electrons. The van der Waals surface area contributed by atoms with Gasteiger partial charge < -0.3 is 10.4 Å². The van der Waals surface area contributed by atoms with E-state index in [1.165, 1.54) is 11.3 Å². The van der Waals surface area contributed by atoms with E-state index in [1.807, 2.05) is 6.92 Å². The maximum atomic E-state index is 11.9. The molecule has 0 saturated heterocycles. The number of aryl methyl sites for hydroxylation is 1. The van der Waals surface area contributed by atoms with E-state index in [9.17, 15) is 13.2 Å². The average Bonchev–Trinajstić information content (AvgIpc) is 2.75. The number of amides is 1. The smallest absolute Gasteiger partial charge is 0.261 e. The van der Waals surface area contributed by atoms with Crippen LogP contribution in [0.15, 0.2) is 6.07 Å². The summed E-state index contributed by atoms with van der Waals surface area (Å²) in [4.78, 5) is 13.2. The average molecular weight is 330 g/mol. The van der Waals surface area contributed by atoms with E-state index < -0.39 is 10.0 Å². The summed E-state index contributed by atoms with van der Waals surface area (Å²) in [5, 5.41) is 16.2. The van der Waals surface area contributed by atoms with Crippen molar-refractivity contribution < 1.29 is 18.3 Å². The van der Waals surface area contributed by atoms with Gasteiger partial charge in [-0.1, -0.05) is 11.8 Å². The van der Waals surface area contributed by atoms with Crippen LogP contribution in [-0.2, 0) is 10.0 Å². The van der Waals surface area contributed by atoms with Crippen LogP contribution in [0.4, 0.5) is 0 Å². The summed E-state index contributed by atoms with van der Waals surface area (Å²) >= 11 is 1.27. The molecular formula is C13H18N2O4S2. The molecule has 1 rings (SSSR count). The maximum Gasteiger partial charge on any atom is 0.261 e. The van der Waals surface area contributed by atoms with Gasteiger partial charge in [0.15, 0.2) is 0 Å². The molecule has 0 unspecified atom stereocenters. The zero-order valence-corrected chi connectivity index (χ0v) is 13.3. The van der Waals surface area contributed by atoms with E-state index in [0.717, 1.165) is 10.4 Å². The van der Waals surface area contributed by atoms with Crippen LogP contribution in [-0.4, -0.2) is 38.3 Å². The Morgan fingerprint density at radius 3 is 2.86 bits per heavy atom. The van der Waals surface area contributed by atoms with Gasteiger partial charge in [-0.15, -0.1) is 11.3 Å². The molecule has 6 nitrogen and oxygen atoms in total. The van der Waals surface area contributed by atoms with Crippen LogP contribution >= 0.6 is 11.3 Å². The minimum Gasteiger partial charge on any atom is -0.395 e. The number of hydrogen-bond donors (Lipinski definition) is 3. The molecule has 0 aliphatic heterocycles. The molecule has 8 heteroatoms. The predicted octanol–water partition coefficient (Wildman–Crippen LogP) is 0.199. The number of sulfonamides is 1. The summed E-state index contributed by atoms with van der Waals surface area (Å²) < 4.78 is 21.5. The minimum atomic E-state index is -3.49. The van der Waals surface area contributed by atoms with Gasteiger partial charge in [-0.2, -0.15) is 0 Å². The van der Waals surface area contributed by atoms with E-state index in [0.29, 0.717) is 11.3 Å². The normalized spacial score (nSPS) is 10.8. The zero-order valence-electron chi connectivity index (χ0n) is 11.7. The molecule has 0 aliphatic carbocycles. The van der Waals surface area contributed by atoms with E-state index in [1.54, 1.807) is 6.07 Å². The van der Waals surface area contributed by atoms with E-state index in [-0.39, 0.29) is 31.2 Å². The first-order valence-electron chi connectivity index (χ1n) is 6.32. The second-order valence-electron chi connectivity index (χ2n) is 4.37. The predicted molar refractivity (Wildman–Crippen MR) is 82.6 cm³/mol. The lowest BCUT2D eigenvalue weighted by Gasteiger charge is -2.02. The Morgan fingerprint density at radius 1 is 1.52 bits per heavy atom. The van der Waals surface area contributed by atoms with Gasteiger partial charge in [0.1, 0.15) is 0 Å². The number of rotatable bonds is 6. The first-order valence-corrected chi connectivity index (χ1v) is 8.85. The molecule has 0 fully saturated rings. The van der Waals surface area contributed by atoms with Crippen LogP contribution in [0.25, 0.3) is 0 Å². The minimum absolute atomic E-state index is 0.00875. The standard InChI is InChI=1S/C13H18N2O4S2/c1-10-9-12(20-11(10)5-2-3-7-16)13(17)15-6-4-8-21(14,18)19/h9,16H,3-4,6-8H2,1H3,(H,15,17)(H2,14,18,19). The Bertz CT molecular complexity index is 653. The second-order valence-corrected chi connectivity index (χ2v) is 7.16. The van der Waals surface area contributed by atoms with E-state index >= 15 is 0 Å². The van der Waals surface area contributed by atoms with Crippen molar-refractivity contribution in [2.45, 2.75) is 19.8 Å². The van der Waals surface area contributed by atoms with Gasteiger partial charge in [-0.05, 0) is 25.0 Å². The quantitative estimate of drug-likeness (QED) is 0.511. The fourth-order valence-corrected chi connectivity index (χ4v) is 2.99. The maximum absolute atomic E-state index is 11.9. The highest BCUT2D eigenvalue weighted by molar-refractivity contribution is 7.89. The Kier molecular flexibility index (Phi) is 6.84. The molecule has 116 valence electrons. The molecule has 0 aliphatic rings.